The van der Waals surface area contributed by atoms with Crippen molar-refractivity contribution in [1.29, 1.82) is 0 Å². The smallest absolute Gasteiger partial charge is 0.188 e. The van der Waals surface area contributed by atoms with Crippen LogP contribution in [-0.2, 0) is 0 Å². The van der Waals surface area contributed by atoms with Crippen LogP contribution in [0.15, 0.2) is 35.3 Å². The quantitative estimate of drug-likeness (QED) is 0.773. The van der Waals surface area contributed by atoms with Crippen molar-refractivity contribution < 1.29 is 0 Å². The summed E-state index contributed by atoms with van der Waals surface area (Å²) < 4.78 is 0. The summed E-state index contributed by atoms with van der Waals surface area (Å²) in [5, 5.41) is 9.02. The lowest BCUT2D eigenvalue weighted by Crippen LogP contribution is -2.44. The summed E-state index contributed by atoms with van der Waals surface area (Å²) in [6, 6.07) is 4.13. The Balaban J connectivity index is 1.42. The number of aromatic nitrogens is 3. The zero-order chi connectivity index (χ0) is 16.4. The number of likely N-dealkylation sites (N-methyl/N-ethyl adjacent to an activating group) is 1. The molecule has 3 aromatic rings. The van der Waals surface area contributed by atoms with Gasteiger partial charge in [-0.05, 0) is 19.2 Å². The van der Waals surface area contributed by atoms with Crippen LogP contribution in [0.2, 0.25) is 0 Å². The molecule has 0 atom stereocenters. The van der Waals surface area contributed by atoms with Crippen LogP contribution in [0.3, 0.4) is 0 Å². The van der Waals surface area contributed by atoms with Gasteiger partial charge in [0.15, 0.2) is 5.13 Å². The maximum Gasteiger partial charge on any atom is 0.188 e. The van der Waals surface area contributed by atoms with Crippen LogP contribution < -0.4 is 10.2 Å². The predicted octanol–water partition coefficient (Wildman–Crippen LogP) is 3.16. The molecule has 1 aliphatic rings. The van der Waals surface area contributed by atoms with Crippen LogP contribution in [0.4, 0.5) is 16.6 Å². The maximum atomic E-state index is 4.57. The van der Waals surface area contributed by atoms with Crippen LogP contribution in [0, 0.1) is 0 Å². The molecular weight excluding hydrogens is 340 g/mol. The van der Waals surface area contributed by atoms with Crippen LogP contribution >= 0.6 is 22.7 Å². The van der Waals surface area contributed by atoms with Crippen molar-refractivity contribution in [3.8, 4) is 10.7 Å². The molecule has 0 unspecified atom stereocenters. The Labute approximate surface area is 148 Å². The van der Waals surface area contributed by atoms with Gasteiger partial charge in [0.25, 0.3) is 0 Å². The van der Waals surface area contributed by atoms with Crippen molar-refractivity contribution in [2.75, 3.05) is 43.4 Å². The summed E-state index contributed by atoms with van der Waals surface area (Å²) in [5.41, 5.74) is 2.09. The normalized spacial score (nSPS) is 15.6. The highest BCUT2D eigenvalue weighted by atomic mass is 32.1. The molecule has 1 saturated heterocycles. The van der Waals surface area contributed by atoms with Gasteiger partial charge in [-0.25, -0.2) is 15.0 Å². The third kappa shape index (κ3) is 3.40. The van der Waals surface area contributed by atoms with Gasteiger partial charge in [0, 0.05) is 43.1 Å². The number of thiazole rings is 2. The second-order valence-electron chi connectivity index (χ2n) is 5.69. The number of rotatable bonds is 4. The topological polar surface area (TPSA) is 57.2 Å². The van der Waals surface area contributed by atoms with Crippen LogP contribution in [0.25, 0.3) is 10.7 Å². The van der Waals surface area contributed by atoms with Gasteiger partial charge in [-0.2, -0.15) is 0 Å². The molecule has 3 aromatic heterocycles. The monoisotopic (exact) mass is 358 g/mol. The van der Waals surface area contributed by atoms with Crippen LogP contribution in [0.1, 0.15) is 0 Å². The fourth-order valence-corrected chi connectivity index (χ4v) is 3.97. The molecule has 4 heterocycles. The van der Waals surface area contributed by atoms with Crippen molar-refractivity contribution in [3.63, 3.8) is 0 Å². The van der Waals surface area contributed by atoms with Gasteiger partial charge in [0.1, 0.15) is 16.5 Å². The van der Waals surface area contributed by atoms with Crippen LogP contribution in [0.5, 0.6) is 0 Å². The Kier molecular flexibility index (Phi) is 4.42. The lowest BCUT2D eigenvalue weighted by molar-refractivity contribution is 0.313. The summed E-state index contributed by atoms with van der Waals surface area (Å²) in [4.78, 5) is 18.1. The van der Waals surface area contributed by atoms with Gasteiger partial charge in [0.05, 0.1) is 11.9 Å². The van der Waals surface area contributed by atoms with Gasteiger partial charge in [-0.15, -0.1) is 22.7 Å². The standard InChI is InChI=1S/C16H18N6S2/c1-21-5-7-22(8-6-21)12-2-3-14(18-10-12)20-16-19-13(11-24-16)15-17-4-9-23-15/h2-4,9-11H,5-8H2,1H3,(H,18,19,20). The highest BCUT2D eigenvalue weighted by Gasteiger charge is 2.14. The number of nitrogens with one attached hydrogen (secondary N) is 1. The fourth-order valence-electron chi connectivity index (χ4n) is 2.60. The minimum absolute atomic E-state index is 0.813. The largest absolute Gasteiger partial charge is 0.368 e. The zero-order valence-corrected chi connectivity index (χ0v) is 15.0. The highest BCUT2D eigenvalue weighted by molar-refractivity contribution is 7.15. The number of anilines is 3. The van der Waals surface area contributed by atoms with Gasteiger partial charge in [-0.3, -0.25) is 0 Å². The van der Waals surface area contributed by atoms with E-state index in [1.807, 2.05) is 23.0 Å². The van der Waals surface area contributed by atoms with E-state index in [9.17, 15) is 0 Å². The molecule has 0 aromatic carbocycles. The van der Waals surface area contributed by atoms with Gasteiger partial charge in [0.2, 0.25) is 0 Å². The average molecular weight is 358 g/mol. The minimum atomic E-state index is 0.813. The third-order valence-corrected chi connectivity index (χ3v) is 5.56. The first-order valence-electron chi connectivity index (χ1n) is 7.80. The molecule has 4 rings (SSSR count). The lowest BCUT2D eigenvalue weighted by Gasteiger charge is -2.33. The van der Waals surface area contributed by atoms with E-state index in [-0.39, 0.29) is 0 Å². The third-order valence-electron chi connectivity index (χ3n) is 4.01. The Hall–Kier alpha value is -2.03. The summed E-state index contributed by atoms with van der Waals surface area (Å²) in [6.07, 6.45) is 3.73. The molecule has 8 heteroatoms. The second-order valence-corrected chi connectivity index (χ2v) is 7.44. The van der Waals surface area contributed by atoms with Crippen molar-refractivity contribution >= 4 is 39.3 Å². The second kappa shape index (κ2) is 6.84. The van der Waals surface area contributed by atoms with E-state index in [4.69, 9.17) is 0 Å². The van der Waals surface area contributed by atoms with Gasteiger partial charge < -0.3 is 15.1 Å². The number of hydrogen-bond acceptors (Lipinski definition) is 8. The molecule has 0 saturated carbocycles. The Morgan fingerprint density at radius 2 is 1.96 bits per heavy atom. The molecule has 0 aliphatic carbocycles. The SMILES string of the molecule is CN1CCN(c2ccc(Nc3nc(-c4nccs4)cs3)nc2)CC1. The van der Waals surface area contributed by atoms with Gasteiger partial charge in [-0.1, -0.05) is 0 Å². The lowest BCUT2D eigenvalue weighted by atomic mass is 10.3. The summed E-state index contributed by atoms with van der Waals surface area (Å²) in [6.45, 7) is 4.29. The molecule has 124 valence electrons. The van der Waals surface area contributed by atoms with E-state index in [2.05, 4.69) is 43.2 Å². The Morgan fingerprint density at radius 3 is 2.67 bits per heavy atom. The number of hydrogen-bond donors (Lipinski definition) is 1. The zero-order valence-electron chi connectivity index (χ0n) is 13.3. The van der Waals surface area contributed by atoms with Crippen molar-refractivity contribution in [1.82, 2.24) is 19.9 Å². The number of nitrogens with zero attached hydrogens (tertiary/aromatic N) is 5. The van der Waals surface area contributed by atoms with E-state index in [1.54, 1.807) is 28.9 Å². The predicted molar refractivity (Wildman–Crippen MR) is 100 cm³/mol. The summed E-state index contributed by atoms with van der Waals surface area (Å²) in [5.74, 6) is 0.813. The summed E-state index contributed by atoms with van der Waals surface area (Å²) >= 11 is 3.16. The fraction of sp³-hybridized carbons (Fsp3) is 0.312. The molecule has 24 heavy (non-hydrogen) atoms. The molecule has 0 bridgehead atoms. The molecule has 0 spiro atoms. The number of piperazine rings is 1. The van der Waals surface area contributed by atoms with Crippen molar-refractivity contribution in [2.24, 2.45) is 0 Å². The van der Waals surface area contributed by atoms with Crippen molar-refractivity contribution in [3.05, 3.63) is 35.3 Å². The van der Waals surface area contributed by atoms with E-state index >= 15 is 0 Å². The molecule has 0 radical (unpaired) electrons. The average Bonchev–Trinajstić information content (AvgIpc) is 3.28. The van der Waals surface area contributed by atoms with E-state index in [0.29, 0.717) is 0 Å². The van der Waals surface area contributed by atoms with E-state index < -0.39 is 0 Å². The first-order chi connectivity index (χ1) is 11.8. The molecule has 6 nitrogen and oxygen atoms in total. The van der Waals surface area contributed by atoms with E-state index in [0.717, 1.165) is 47.8 Å². The molecule has 0 amide bonds. The Bertz CT molecular complexity index is 775. The molecule has 1 N–H and O–H groups in total. The van der Waals surface area contributed by atoms with Crippen molar-refractivity contribution in [2.45, 2.75) is 0 Å². The highest BCUT2D eigenvalue weighted by Crippen LogP contribution is 2.28. The number of pyridine rings is 1. The minimum Gasteiger partial charge on any atom is -0.368 e. The first-order valence-corrected chi connectivity index (χ1v) is 9.56. The maximum absolute atomic E-state index is 4.57. The first kappa shape index (κ1) is 15.5. The van der Waals surface area contributed by atoms with E-state index in [1.165, 1.54) is 5.69 Å². The van der Waals surface area contributed by atoms with Gasteiger partial charge >= 0.3 is 0 Å². The molecular formula is C16H18N6S2. The Morgan fingerprint density at radius 1 is 1.08 bits per heavy atom. The molecule has 1 aliphatic heterocycles. The molecule has 1 fully saturated rings. The summed E-state index contributed by atoms with van der Waals surface area (Å²) in [7, 11) is 2.16. The van der Waals surface area contributed by atoms with Crippen LogP contribution in [-0.4, -0.2) is 53.1 Å².